The van der Waals surface area contributed by atoms with Crippen LogP contribution >= 0.6 is 0 Å². The molecule has 0 heterocycles. The Morgan fingerprint density at radius 3 is 2.29 bits per heavy atom. The molecule has 0 aliphatic rings. The minimum atomic E-state index is -0.918. The Labute approximate surface area is 140 Å². The number of amides is 1. The second-order valence-electron chi connectivity index (χ2n) is 4.98. The second kappa shape index (κ2) is 9.15. The van der Waals surface area contributed by atoms with E-state index in [0.29, 0.717) is 0 Å². The summed E-state index contributed by atoms with van der Waals surface area (Å²) in [4.78, 5) is 23.7. The van der Waals surface area contributed by atoms with Crippen LogP contribution in [0.15, 0.2) is 66.7 Å². The normalized spacial score (nSPS) is 11.7. The molecule has 1 amide bonds. The number of hydrogen-bond donors (Lipinski definition) is 1. The van der Waals surface area contributed by atoms with Crippen LogP contribution in [0, 0.1) is 0 Å². The number of alkyl carbamates (subject to hydrolysis) is 1. The maximum absolute atomic E-state index is 11.9. The summed E-state index contributed by atoms with van der Waals surface area (Å²) in [5.74, 6) is -0.571. The summed E-state index contributed by atoms with van der Waals surface area (Å²) in [6, 6.07) is 17.8. The molecule has 2 aromatic carbocycles. The largest absolute Gasteiger partial charge is 0.467 e. The highest BCUT2D eigenvalue weighted by molar-refractivity contribution is 5.84. The molecule has 5 heteroatoms. The molecule has 1 N–H and O–H groups in total. The smallest absolute Gasteiger partial charge is 0.408 e. The third kappa shape index (κ3) is 5.61. The van der Waals surface area contributed by atoms with Crippen LogP contribution in [0.25, 0.3) is 6.08 Å². The first kappa shape index (κ1) is 17.3. The molecule has 0 aromatic heterocycles. The quantitative estimate of drug-likeness (QED) is 0.829. The lowest BCUT2D eigenvalue weighted by atomic mass is 10.2. The molecule has 0 aliphatic heterocycles. The van der Waals surface area contributed by atoms with E-state index in [4.69, 9.17) is 9.47 Å². The fourth-order valence-electron chi connectivity index (χ4n) is 1.98. The number of carbonyl (C=O) groups is 2. The minimum absolute atomic E-state index is 0.128. The number of rotatable bonds is 6. The van der Waals surface area contributed by atoms with Crippen LogP contribution in [0.1, 0.15) is 11.1 Å². The molecule has 0 saturated carbocycles. The van der Waals surface area contributed by atoms with Gasteiger partial charge in [-0.3, -0.25) is 0 Å². The first-order valence-corrected chi connectivity index (χ1v) is 7.47. The van der Waals surface area contributed by atoms with Crippen LogP contribution in [0.2, 0.25) is 0 Å². The van der Waals surface area contributed by atoms with Gasteiger partial charge in [-0.15, -0.1) is 0 Å². The molecule has 2 aromatic rings. The van der Waals surface area contributed by atoms with Gasteiger partial charge in [0.25, 0.3) is 0 Å². The van der Waals surface area contributed by atoms with Gasteiger partial charge in [-0.05, 0) is 11.1 Å². The van der Waals surface area contributed by atoms with Gasteiger partial charge >= 0.3 is 12.1 Å². The molecule has 0 saturated heterocycles. The highest BCUT2D eigenvalue weighted by atomic mass is 16.6. The summed E-state index contributed by atoms with van der Waals surface area (Å²) in [5.41, 5.74) is 1.77. The number of hydrogen-bond acceptors (Lipinski definition) is 4. The zero-order chi connectivity index (χ0) is 17.2. The predicted molar refractivity (Wildman–Crippen MR) is 91.0 cm³/mol. The van der Waals surface area contributed by atoms with E-state index in [1.807, 2.05) is 60.7 Å². The van der Waals surface area contributed by atoms with Crippen LogP contribution < -0.4 is 5.32 Å². The van der Waals surface area contributed by atoms with Crippen molar-refractivity contribution in [3.8, 4) is 0 Å². The van der Waals surface area contributed by atoms with Gasteiger partial charge < -0.3 is 14.8 Å². The standard InChI is InChI=1S/C19H19NO4/c1-23-18(21)17(13-12-15-8-4-2-5-9-15)20-19(22)24-14-16-10-6-3-7-11-16/h2-13,17H,14H2,1H3,(H,20,22). The Morgan fingerprint density at radius 1 is 1.04 bits per heavy atom. The number of benzene rings is 2. The highest BCUT2D eigenvalue weighted by Gasteiger charge is 2.19. The maximum Gasteiger partial charge on any atom is 0.408 e. The number of carbonyl (C=O) groups excluding carboxylic acids is 2. The van der Waals surface area contributed by atoms with Crippen molar-refractivity contribution < 1.29 is 19.1 Å². The zero-order valence-corrected chi connectivity index (χ0v) is 13.3. The zero-order valence-electron chi connectivity index (χ0n) is 13.3. The van der Waals surface area contributed by atoms with Crippen LogP contribution in [0.4, 0.5) is 4.79 Å². The van der Waals surface area contributed by atoms with Gasteiger partial charge in [-0.25, -0.2) is 9.59 Å². The van der Waals surface area contributed by atoms with E-state index in [2.05, 4.69) is 5.32 Å². The van der Waals surface area contributed by atoms with Gasteiger partial charge in [0.2, 0.25) is 0 Å². The van der Waals surface area contributed by atoms with E-state index in [-0.39, 0.29) is 6.61 Å². The summed E-state index contributed by atoms with van der Waals surface area (Å²) >= 11 is 0. The molecular weight excluding hydrogens is 306 g/mol. The monoisotopic (exact) mass is 325 g/mol. The van der Waals surface area contributed by atoms with Gasteiger partial charge in [0.1, 0.15) is 12.6 Å². The first-order valence-electron chi connectivity index (χ1n) is 7.47. The molecule has 124 valence electrons. The van der Waals surface area contributed by atoms with Crippen molar-refractivity contribution in [2.75, 3.05) is 7.11 Å². The molecule has 0 aliphatic carbocycles. The summed E-state index contributed by atoms with van der Waals surface area (Å²) in [6.45, 7) is 0.128. The van der Waals surface area contributed by atoms with E-state index in [1.54, 1.807) is 12.2 Å². The van der Waals surface area contributed by atoms with Crippen LogP contribution in [0.3, 0.4) is 0 Å². The molecule has 0 radical (unpaired) electrons. The Balaban J connectivity index is 1.94. The van der Waals surface area contributed by atoms with Crippen molar-refractivity contribution in [3.05, 3.63) is 77.9 Å². The first-order chi connectivity index (χ1) is 11.7. The van der Waals surface area contributed by atoms with E-state index >= 15 is 0 Å². The minimum Gasteiger partial charge on any atom is -0.467 e. The van der Waals surface area contributed by atoms with Crippen molar-refractivity contribution in [3.63, 3.8) is 0 Å². The predicted octanol–water partition coefficient (Wildman–Crippen LogP) is 3.17. The maximum atomic E-state index is 11.9. The molecule has 24 heavy (non-hydrogen) atoms. The fourth-order valence-corrected chi connectivity index (χ4v) is 1.98. The molecule has 2 rings (SSSR count). The lowest BCUT2D eigenvalue weighted by Gasteiger charge is -2.13. The SMILES string of the molecule is COC(=O)C(C=Cc1ccccc1)NC(=O)OCc1ccccc1. The van der Waals surface area contributed by atoms with Crippen molar-refractivity contribution in [1.29, 1.82) is 0 Å². The third-order valence-electron chi connectivity index (χ3n) is 3.22. The van der Waals surface area contributed by atoms with Crippen molar-refractivity contribution in [2.24, 2.45) is 0 Å². The summed E-state index contributed by atoms with van der Waals surface area (Å²) in [7, 11) is 1.27. The average Bonchev–Trinajstić information content (AvgIpc) is 2.64. The van der Waals surface area contributed by atoms with Crippen molar-refractivity contribution in [2.45, 2.75) is 12.6 Å². The van der Waals surface area contributed by atoms with Gasteiger partial charge in [0.05, 0.1) is 7.11 Å². The molecule has 1 unspecified atom stereocenters. The second-order valence-corrected chi connectivity index (χ2v) is 4.98. The lowest BCUT2D eigenvalue weighted by molar-refractivity contribution is -0.141. The van der Waals surface area contributed by atoms with E-state index < -0.39 is 18.1 Å². The Hall–Kier alpha value is -3.08. The molecule has 5 nitrogen and oxygen atoms in total. The number of ether oxygens (including phenoxy) is 2. The van der Waals surface area contributed by atoms with E-state index in [9.17, 15) is 9.59 Å². The van der Waals surface area contributed by atoms with Gasteiger partial charge in [0.15, 0.2) is 0 Å². The van der Waals surface area contributed by atoms with Crippen molar-refractivity contribution in [1.82, 2.24) is 5.32 Å². The number of methoxy groups -OCH3 is 1. The molecule has 0 fully saturated rings. The summed E-state index contributed by atoms with van der Waals surface area (Å²) < 4.78 is 9.82. The summed E-state index contributed by atoms with van der Waals surface area (Å²) in [5, 5.41) is 2.49. The van der Waals surface area contributed by atoms with Crippen LogP contribution in [-0.2, 0) is 20.9 Å². The topological polar surface area (TPSA) is 64.6 Å². The Bertz CT molecular complexity index is 683. The lowest BCUT2D eigenvalue weighted by Crippen LogP contribution is -2.40. The summed E-state index contributed by atoms with van der Waals surface area (Å²) in [6.07, 6.45) is 2.61. The Morgan fingerprint density at radius 2 is 1.67 bits per heavy atom. The van der Waals surface area contributed by atoms with Crippen molar-refractivity contribution >= 4 is 18.1 Å². The molecule has 0 spiro atoms. The average molecular weight is 325 g/mol. The van der Waals surface area contributed by atoms with Crippen LogP contribution in [0.5, 0.6) is 0 Å². The number of esters is 1. The molecule has 0 bridgehead atoms. The molecular formula is C19H19NO4. The van der Waals surface area contributed by atoms with E-state index in [0.717, 1.165) is 11.1 Å². The van der Waals surface area contributed by atoms with Gasteiger partial charge in [-0.2, -0.15) is 0 Å². The van der Waals surface area contributed by atoms with E-state index in [1.165, 1.54) is 7.11 Å². The number of nitrogens with one attached hydrogen (secondary N) is 1. The molecule has 1 atom stereocenters. The van der Waals surface area contributed by atoms with Gasteiger partial charge in [0, 0.05) is 0 Å². The Kier molecular flexibility index (Phi) is 6.58. The van der Waals surface area contributed by atoms with Gasteiger partial charge in [-0.1, -0.05) is 72.8 Å². The fraction of sp³-hybridized carbons (Fsp3) is 0.158. The van der Waals surface area contributed by atoms with Crippen LogP contribution in [-0.4, -0.2) is 25.2 Å². The third-order valence-corrected chi connectivity index (χ3v) is 3.22. The highest BCUT2D eigenvalue weighted by Crippen LogP contribution is 2.04.